The van der Waals surface area contributed by atoms with Crippen LogP contribution >= 0.6 is 11.6 Å². The van der Waals surface area contributed by atoms with Gasteiger partial charge < -0.3 is 10.1 Å². The summed E-state index contributed by atoms with van der Waals surface area (Å²) in [5.41, 5.74) is 3.43. The molecular weight excluding hydrogens is 408 g/mol. The Morgan fingerprint density at radius 3 is 2.59 bits per heavy atom. The van der Waals surface area contributed by atoms with Crippen LogP contribution in [0, 0.1) is 5.92 Å². The summed E-state index contributed by atoms with van der Waals surface area (Å²) in [7, 11) is -3.47. The van der Waals surface area contributed by atoms with Crippen molar-refractivity contribution in [2.75, 3.05) is 31.6 Å². The second-order valence-corrected chi connectivity index (χ2v) is 10.2. The van der Waals surface area contributed by atoms with Gasteiger partial charge in [0, 0.05) is 29.7 Å². The summed E-state index contributed by atoms with van der Waals surface area (Å²) in [4.78, 5) is 0.340. The standard InChI is InChI=1S/C22H23ClN2O3S/c23-16-6-9-21-20(14-16)18-2-1-3-19(18)22(24-21)15-4-7-17(8-5-15)29(26,27)25-10-12-28-13-11-25/h1-2,4-9,14,18-19,22,24H,3,10-13H2/t18-,19+,22+/m0/s1. The summed E-state index contributed by atoms with van der Waals surface area (Å²) in [5.74, 6) is 0.717. The van der Waals surface area contributed by atoms with Crippen LogP contribution in [0.2, 0.25) is 5.02 Å². The van der Waals surface area contributed by atoms with E-state index in [4.69, 9.17) is 16.3 Å². The largest absolute Gasteiger partial charge is 0.379 e. The van der Waals surface area contributed by atoms with Crippen molar-refractivity contribution < 1.29 is 13.2 Å². The van der Waals surface area contributed by atoms with Gasteiger partial charge in [0.15, 0.2) is 0 Å². The molecule has 1 N–H and O–H groups in total. The summed E-state index contributed by atoms with van der Waals surface area (Å²) in [6, 6.07) is 13.5. The Balaban J connectivity index is 1.44. The molecule has 0 bridgehead atoms. The molecule has 0 amide bonds. The molecule has 3 aliphatic rings. The summed E-state index contributed by atoms with van der Waals surface area (Å²) in [6.45, 7) is 1.71. The van der Waals surface area contributed by atoms with Crippen molar-refractivity contribution in [1.29, 1.82) is 0 Å². The number of allylic oxidation sites excluding steroid dienone is 2. The van der Waals surface area contributed by atoms with Gasteiger partial charge in [-0.05, 0) is 53.8 Å². The molecule has 0 saturated carbocycles. The lowest BCUT2D eigenvalue weighted by atomic mass is 9.77. The molecule has 152 valence electrons. The Bertz CT molecular complexity index is 1050. The van der Waals surface area contributed by atoms with Crippen LogP contribution in [0.25, 0.3) is 0 Å². The van der Waals surface area contributed by atoms with E-state index in [-0.39, 0.29) is 6.04 Å². The molecule has 0 aromatic heterocycles. The molecular formula is C22H23ClN2O3S. The van der Waals surface area contributed by atoms with Crippen molar-refractivity contribution in [1.82, 2.24) is 4.31 Å². The van der Waals surface area contributed by atoms with E-state index in [0.717, 1.165) is 22.7 Å². The number of nitrogens with one attached hydrogen (secondary N) is 1. The van der Waals surface area contributed by atoms with E-state index in [2.05, 4.69) is 17.5 Å². The van der Waals surface area contributed by atoms with Crippen LogP contribution in [0.3, 0.4) is 0 Å². The first-order valence-corrected chi connectivity index (χ1v) is 11.8. The number of morpholine rings is 1. The third-order valence-corrected chi connectivity index (χ3v) is 8.32. The zero-order valence-corrected chi connectivity index (χ0v) is 17.5. The van der Waals surface area contributed by atoms with Gasteiger partial charge in [-0.1, -0.05) is 35.9 Å². The van der Waals surface area contributed by atoms with Crippen LogP contribution in [0.4, 0.5) is 5.69 Å². The Labute approximate surface area is 176 Å². The Morgan fingerprint density at radius 1 is 1.07 bits per heavy atom. The fourth-order valence-corrected chi connectivity index (χ4v) is 6.27. The third-order valence-electron chi connectivity index (χ3n) is 6.17. The molecule has 0 unspecified atom stereocenters. The molecule has 2 aromatic carbocycles. The maximum atomic E-state index is 12.9. The maximum absolute atomic E-state index is 12.9. The summed E-state index contributed by atoms with van der Waals surface area (Å²) < 4.78 is 32.5. The van der Waals surface area contributed by atoms with Gasteiger partial charge in [0.05, 0.1) is 24.2 Å². The smallest absolute Gasteiger partial charge is 0.243 e. The van der Waals surface area contributed by atoms with E-state index >= 15 is 0 Å². The second kappa shape index (κ2) is 7.43. The number of rotatable bonds is 3. The van der Waals surface area contributed by atoms with Crippen LogP contribution in [0.15, 0.2) is 59.5 Å². The Hall–Kier alpha value is -1.86. The van der Waals surface area contributed by atoms with Gasteiger partial charge in [-0.25, -0.2) is 8.42 Å². The molecule has 5 rings (SSSR count). The highest BCUT2D eigenvalue weighted by Crippen LogP contribution is 2.50. The highest BCUT2D eigenvalue weighted by molar-refractivity contribution is 7.89. The average Bonchev–Trinajstić information content (AvgIpc) is 3.24. The molecule has 1 fully saturated rings. The lowest BCUT2D eigenvalue weighted by Crippen LogP contribution is -2.40. The normalized spacial score (nSPS) is 26.6. The zero-order valence-electron chi connectivity index (χ0n) is 15.9. The third kappa shape index (κ3) is 3.38. The van der Waals surface area contributed by atoms with Crippen molar-refractivity contribution in [3.8, 4) is 0 Å². The van der Waals surface area contributed by atoms with Gasteiger partial charge in [0.25, 0.3) is 0 Å². The molecule has 5 nitrogen and oxygen atoms in total. The van der Waals surface area contributed by atoms with Gasteiger partial charge in [-0.3, -0.25) is 0 Å². The van der Waals surface area contributed by atoms with Crippen molar-refractivity contribution >= 4 is 27.3 Å². The number of fused-ring (bicyclic) bond motifs is 3. The molecule has 1 saturated heterocycles. The van der Waals surface area contributed by atoms with E-state index in [0.29, 0.717) is 43.0 Å². The topological polar surface area (TPSA) is 58.6 Å². The van der Waals surface area contributed by atoms with Crippen molar-refractivity contribution in [2.45, 2.75) is 23.3 Å². The minimum absolute atomic E-state index is 0.129. The summed E-state index contributed by atoms with van der Waals surface area (Å²) in [6.07, 6.45) is 5.49. The Morgan fingerprint density at radius 2 is 1.83 bits per heavy atom. The van der Waals surface area contributed by atoms with E-state index in [1.807, 2.05) is 30.3 Å². The predicted octanol–water partition coefficient (Wildman–Crippen LogP) is 4.19. The number of hydrogen-bond donors (Lipinski definition) is 1. The molecule has 2 aromatic rings. The Kier molecular flexibility index (Phi) is 4.90. The first-order valence-electron chi connectivity index (χ1n) is 9.94. The molecule has 7 heteroatoms. The minimum atomic E-state index is -3.47. The maximum Gasteiger partial charge on any atom is 0.243 e. The molecule has 0 spiro atoms. The zero-order chi connectivity index (χ0) is 20.0. The monoisotopic (exact) mass is 430 g/mol. The van der Waals surface area contributed by atoms with Gasteiger partial charge in [-0.2, -0.15) is 4.31 Å². The molecule has 29 heavy (non-hydrogen) atoms. The fraction of sp³-hybridized carbons (Fsp3) is 0.364. The second-order valence-electron chi connectivity index (χ2n) is 7.79. The SMILES string of the molecule is O=S(=O)(c1ccc([C@H]2Nc3ccc(Cl)cc3[C@H]3C=CC[C@H]32)cc1)N1CCOCC1. The van der Waals surface area contributed by atoms with Gasteiger partial charge in [0.1, 0.15) is 0 Å². The number of halogens is 1. The minimum Gasteiger partial charge on any atom is -0.379 e. The molecule has 1 aliphatic carbocycles. The van der Waals surface area contributed by atoms with Gasteiger partial charge in [-0.15, -0.1) is 0 Å². The quantitative estimate of drug-likeness (QED) is 0.742. The number of benzene rings is 2. The van der Waals surface area contributed by atoms with E-state index in [1.54, 1.807) is 12.1 Å². The summed E-state index contributed by atoms with van der Waals surface area (Å²) in [5, 5.41) is 4.41. The number of nitrogens with zero attached hydrogens (tertiary/aromatic N) is 1. The number of sulfonamides is 1. The highest BCUT2D eigenvalue weighted by atomic mass is 35.5. The van der Waals surface area contributed by atoms with Crippen molar-refractivity contribution in [2.24, 2.45) is 5.92 Å². The van der Waals surface area contributed by atoms with Crippen molar-refractivity contribution in [3.05, 3.63) is 70.8 Å². The van der Waals surface area contributed by atoms with E-state index in [9.17, 15) is 8.42 Å². The van der Waals surface area contributed by atoms with Crippen molar-refractivity contribution in [3.63, 3.8) is 0 Å². The lowest BCUT2D eigenvalue weighted by Gasteiger charge is -2.37. The molecule has 0 radical (unpaired) electrons. The fourth-order valence-electron chi connectivity index (χ4n) is 4.68. The average molecular weight is 431 g/mol. The van der Waals surface area contributed by atoms with Crippen LogP contribution in [-0.4, -0.2) is 39.0 Å². The van der Waals surface area contributed by atoms with Crippen LogP contribution in [0.1, 0.15) is 29.5 Å². The molecule has 2 heterocycles. The van der Waals surface area contributed by atoms with Crippen LogP contribution < -0.4 is 5.32 Å². The van der Waals surface area contributed by atoms with E-state index < -0.39 is 10.0 Å². The number of hydrogen-bond acceptors (Lipinski definition) is 4. The number of anilines is 1. The van der Waals surface area contributed by atoms with Crippen LogP contribution in [0.5, 0.6) is 0 Å². The van der Waals surface area contributed by atoms with Gasteiger partial charge >= 0.3 is 0 Å². The van der Waals surface area contributed by atoms with E-state index in [1.165, 1.54) is 9.87 Å². The predicted molar refractivity (Wildman–Crippen MR) is 114 cm³/mol. The van der Waals surface area contributed by atoms with Gasteiger partial charge in [0.2, 0.25) is 10.0 Å². The molecule has 2 aliphatic heterocycles. The lowest BCUT2D eigenvalue weighted by molar-refractivity contribution is 0.0730. The van der Waals surface area contributed by atoms with Crippen LogP contribution in [-0.2, 0) is 14.8 Å². The number of ether oxygens (including phenoxy) is 1. The highest BCUT2D eigenvalue weighted by Gasteiger charge is 2.38. The molecule has 3 atom stereocenters. The summed E-state index contributed by atoms with van der Waals surface area (Å²) >= 11 is 6.22. The first kappa shape index (κ1) is 19.1. The first-order chi connectivity index (χ1) is 14.0.